The maximum atomic E-state index is 13.7. The summed E-state index contributed by atoms with van der Waals surface area (Å²) in [7, 11) is 1.25. The topological polar surface area (TPSA) is 106 Å². The first-order valence-electron chi connectivity index (χ1n) is 11.6. The van der Waals surface area contributed by atoms with Crippen LogP contribution in [-0.4, -0.2) is 79.5 Å². The highest BCUT2D eigenvalue weighted by Crippen LogP contribution is 2.21. The number of hydrogen-bond acceptors (Lipinski definition) is 9. The summed E-state index contributed by atoms with van der Waals surface area (Å²) in [6, 6.07) is 9.81. The number of hydrogen-bond donors (Lipinski definition) is 1. The zero-order chi connectivity index (χ0) is 25.0. The summed E-state index contributed by atoms with van der Waals surface area (Å²) in [4.78, 5) is 37.8. The van der Waals surface area contributed by atoms with Crippen LogP contribution in [0.3, 0.4) is 0 Å². The molecular weight excluding hydrogens is 450 g/mol. The molecule has 3 rings (SSSR count). The Bertz CT molecular complexity index is 993. The molecule has 10 nitrogen and oxygen atoms in total. The summed E-state index contributed by atoms with van der Waals surface area (Å²) in [5.41, 5.74) is 1.38. The SMILES string of the molecule is COC(=O)OC/C=C/CN(Cc1ccccc1)C(=O)c1cnc(N2CCOCC2)nc1NC(C)C. The van der Waals surface area contributed by atoms with E-state index in [9.17, 15) is 9.59 Å². The molecule has 1 amide bonds. The van der Waals surface area contributed by atoms with E-state index in [1.54, 1.807) is 23.2 Å². The molecule has 35 heavy (non-hydrogen) atoms. The number of benzene rings is 1. The van der Waals surface area contributed by atoms with Crippen molar-refractivity contribution < 1.29 is 23.8 Å². The number of carbonyl (C=O) groups is 2. The number of carbonyl (C=O) groups excluding carboxylic acids is 2. The molecule has 0 radical (unpaired) electrons. The quantitative estimate of drug-likeness (QED) is 0.403. The average Bonchev–Trinajstić information content (AvgIpc) is 2.88. The minimum Gasteiger partial charge on any atom is -0.438 e. The standard InChI is InChI=1S/C25H33N5O5/c1-19(2)27-22-21(17-26-24(28-22)29-12-15-34-16-13-29)23(31)30(18-20-9-5-4-6-10-20)11-7-8-14-35-25(32)33-3/h4-10,17,19H,11-16,18H2,1-3H3,(H,26,27,28)/b8-7+. The number of nitrogens with zero attached hydrogens (tertiary/aromatic N) is 4. The van der Waals surface area contributed by atoms with Crippen molar-refractivity contribution in [1.82, 2.24) is 14.9 Å². The smallest absolute Gasteiger partial charge is 0.438 e. The van der Waals surface area contributed by atoms with Gasteiger partial charge in [-0.3, -0.25) is 4.79 Å². The number of ether oxygens (including phenoxy) is 3. The monoisotopic (exact) mass is 483 g/mol. The third-order valence-corrected chi connectivity index (χ3v) is 5.19. The fourth-order valence-corrected chi connectivity index (χ4v) is 3.47. The lowest BCUT2D eigenvalue weighted by atomic mass is 10.2. The highest BCUT2D eigenvalue weighted by Gasteiger charge is 2.23. The highest BCUT2D eigenvalue weighted by atomic mass is 16.7. The van der Waals surface area contributed by atoms with Crippen LogP contribution in [0.1, 0.15) is 29.8 Å². The lowest BCUT2D eigenvalue weighted by molar-refractivity contribution is 0.0756. The molecule has 1 aliphatic rings. The minimum absolute atomic E-state index is 0.0531. The number of anilines is 2. The zero-order valence-electron chi connectivity index (χ0n) is 20.5. The number of nitrogens with one attached hydrogen (secondary N) is 1. The number of methoxy groups -OCH3 is 1. The normalized spacial score (nSPS) is 13.7. The van der Waals surface area contributed by atoms with Gasteiger partial charge in [-0.2, -0.15) is 4.98 Å². The Kier molecular flexibility index (Phi) is 9.85. The van der Waals surface area contributed by atoms with Gasteiger partial charge in [-0.25, -0.2) is 9.78 Å². The van der Waals surface area contributed by atoms with Crippen LogP contribution in [0, 0.1) is 0 Å². The van der Waals surface area contributed by atoms with Crippen LogP contribution in [0.2, 0.25) is 0 Å². The van der Waals surface area contributed by atoms with E-state index >= 15 is 0 Å². The molecule has 1 aliphatic heterocycles. The third kappa shape index (κ3) is 7.96. The van der Waals surface area contributed by atoms with Crippen LogP contribution < -0.4 is 10.2 Å². The lowest BCUT2D eigenvalue weighted by Crippen LogP contribution is -2.38. The van der Waals surface area contributed by atoms with Crippen molar-refractivity contribution >= 4 is 23.8 Å². The Balaban J connectivity index is 1.83. The second-order valence-electron chi connectivity index (χ2n) is 8.24. The molecule has 2 heterocycles. The molecule has 0 spiro atoms. The number of morpholine rings is 1. The predicted molar refractivity (Wildman–Crippen MR) is 133 cm³/mol. The van der Waals surface area contributed by atoms with Gasteiger partial charge in [-0.15, -0.1) is 0 Å². The van der Waals surface area contributed by atoms with E-state index in [4.69, 9.17) is 14.5 Å². The molecule has 188 valence electrons. The summed E-state index contributed by atoms with van der Waals surface area (Å²) in [6.07, 6.45) is 4.29. The average molecular weight is 484 g/mol. The maximum Gasteiger partial charge on any atom is 0.508 e. The summed E-state index contributed by atoms with van der Waals surface area (Å²) < 4.78 is 14.8. The Morgan fingerprint density at radius 1 is 1.20 bits per heavy atom. The summed E-state index contributed by atoms with van der Waals surface area (Å²) in [5, 5.41) is 3.30. The Labute approximate surface area is 205 Å². The van der Waals surface area contributed by atoms with Gasteiger partial charge in [0.1, 0.15) is 18.0 Å². The molecule has 0 aliphatic carbocycles. The van der Waals surface area contributed by atoms with E-state index in [0.29, 0.717) is 56.7 Å². The summed E-state index contributed by atoms with van der Waals surface area (Å²) in [6.45, 7) is 7.39. The zero-order valence-corrected chi connectivity index (χ0v) is 20.5. The Hall–Kier alpha value is -3.66. The molecule has 0 bridgehead atoms. The van der Waals surface area contributed by atoms with Gasteiger partial charge in [-0.1, -0.05) is 36.4 Å². The minimum atomic E-state index is -0.756. The predicted octanol–water partition coefficient (Wildman–Crippen LogP) is 3.12. The Morgan fingerprint density at radius 3 is 2.63 bits per heavy atom. The molecule has 2 aromatic rings. The lowest BCUT2D eigenvalue weighted by Gasteiger charge is -2.28. The largest absolute Gasteiger partial charge is 0.508 e. The third-order valence-electron chi connectivity index (χ3n) is 5.19. The maximum absolute atomic E-state index is 13.7. The molecular formula is C25H33N5O5. The first-order valence-corrected chi connectivity index (χ1v) is 11.6. The van der Waals surface area contributed by atoms with Crippen molar-refractivity contribution in [3.05, 3.63) is 59.8 Å². The van der Waals surface area contributed by atoms with Crippen LogP contribution >= 0.6 is 0 Å². The molecule has 0 atom stereocenters. The molecule has 0 unspecified atom stereocenters. The van der Waals surface area contributed by atoms with Crippen LogP contribution in [0.5, 0.6) is 0 Å². The van der Waals surface area contributed by atoms with E-state index in [-0.39, 0.29) is 18.6 Å². The van der Waals surface area contributed by atoms with Gasteiger partial charge in [0, 0.05) is 38.4 Å². The van der Waals surface area contributed by atoms with Crippen molar-refractivity contribution in [3.8, 4) is 0 Å². The first kappa shape index (κ1) is 26.0. The summed E-state index contributed by atoms with van der Waals surface area (Å²) >= 11 is 0. The molecule has 10 heteroatoms. The van der Waals surface area contributed by atoms with Crippen molar-refractivity contribution in [1.29, 1.82) is 0 Å². The van der Waals surface area contributed by atoms with Crippen LogP contribution in [-0.2, 0) is 20.8 Å². The fourth-order valence-electron chi connectivity index (χ4n) is 3.47. The van der Waals surface area contributed by atoms with Crippen molar-refractivity contribution in [3.63, 3.8) is 0 Å². The fraction of sp³-hybridized carbons (Fsp3) is 0.440. The summed E-state index contributed by atoms with van der Waals surface area (Å²) in [5.74, 6) is 0.865. The first-order chi connectivity index (χ1) is 17.0. The van der Waals surface area contributed by atoms with E-state index in [1.807, 2.05) is 44.2 Å². The van der Waals surface area contributed by atoms with Gasteiger partial charge in [0.15, 0.2) is 0 Å². The number of amides is 1. The van der Waals surface area contributed by atoms with Gasteiger partial charge >= 0.3 is 6.16 Å². The van der Waals surface area contributed by atoms with Gasteiger partial charge in [-0.05, 0) is 25.5 Å². The van der Waals surface area contributed by atoms with Crippen molar-refractivity contribution in [2.45, 2.75) is 26.4 Å². The van der Waals surface area contributed by atoms with E-state index in [0.717, 1.165) is 5.56 Å². The van der Waals surface area contributed by atoms with Crippen molar-refractivity contribution in [2.24, 2.45) is 0 Å². The van der Waals surface area contributed by atoms with E-state index in [2.05, 4.69) is 19.9 Å². The second-order valence-corrected chi connectivity index (χ2v) is 8.24. The second kappa shape index (κ2) is 13.3. The molecule has 0 saturated carbocycles. The van der Waals surface area contributed by atoms with E-state index < -0.39 is 6.16 Å². The highest BCUT2D eigenvalue weighted by molar-refractivity contribution is 5.98. The number of rotatable bonds is 10. The van der Waals surface area contributed by atoms with Gasteiger partial charge in [0.05, 0.1) is 20.3 Å². The van der Waals surface area contributed by atoms with Gasteiger partial charge in [0.25, 0.3) is 5.91 Å². The van der Waals surface area contributed by atoms with Crippen molar-refractivity contribution in [2.75, 3.05) is 56.8 Å². The van der Waals surface area contributed by atoms with Crippen LogP contribution in [0.25, 0.3) is 0 Å². The Morgan fingerprint density at radius 2 is 1.94 bits per heavy atom. The molecule has 1 aromatic carbocycles. The number of aromatic nitrogens is 2. The van der Waals surface area contributed by atoms with E-state index in [1.165, 1.54) is 7.11 Å². The molecule has 1 aromatic heterocycles. The molecule has 1 saturated heterocycles. The molecule has 1 fully saturated rings. The van der Waals surface area contributed by atoms with Gasteiger partial charge in [0.2, 0.25) is 5.95 Å². The van der Waals surface area contributed by atoms with Crippen LogP contribution in [0.4, 0.5) is 16.6 Å². The van der Waals surface area contributed by atoms with Gasteiger partial charge < -0.3 is 29.3 Å². The van der Waals surface area contributed by atoms with Crippen LogP contribution in [0.15, 0.2) is 48.7 Å². The molecule has 1 N–H and O–H groups in total.